The van der Waals surface area contributed by atoms with Crippen molar-refractivity contribution < 1.29 is 16.8 Å². The van der Waals surface area contributed by atoms with Crippen LogP contribution in [0.15, 0.2) is 17.0 Å². The van der Waals surface area contributed by atoms with E-state index < -0.39 is 19.9 Å². The summed E-state index contributed by atoms with van der Waals surface area (Å²) in [7, 11) is -6.86. The predicted molar refractivity (Wildman–Crippen MR) is 77.7 cm³/mol. The quantitative estimate of drug-likeness (QED) is 0.791. The summed E-state index contributed by atoms with van der Waals surface area (Å²) in [6.45, 7) is 3.64. The van der Waals surface area contributed by atoms with Gasteiger partial charge in [-0.05, 0) is 37.1 Å². The van der Waals surface area contributed by atoms with Crippen molar-refractivity contribution in [1.82, 2.24) is 4.31 Å². The standard InChI is InChI=1S/C12H18N2O4S2/c1-9-7-11(13)12(8-10(9)2)20(17,18)14-3-5-19(15,16)6-4-14/h7-8H,3-6,13H2,1-2H3. The number of sulfonamides is 1. The van der Waals surface area contributed by atoms with Gasteiger partial charge < -0.3 is 5.73 Å². The fourth-order valence-electron chi connectivity index (χ4n) is 2.11. The van der Waals surface area contributed by atoms with Crippen molar-refractivity contribution in [2.24, 2.45) is 0 Å². The number of nitrogens with zero attached hydrogens (tertiary/aromatic N) is 1. The van der Waals surface area contributed by atoms with Crippen molar-refractivity contribution in [3.05, 3.63) is 23.3 Å². The summed E-state index contributed by atoms with van der Waals surface area (Å²) in [5, 5.41) is 0. The Hall–Kier alpha value is -1.12. The Morgan fingerprint density at radius 2 is 1.60 bits per heavy atom. The molecule has 0 spiro atoms. The summed E-state index contributed by atoms with van der Waals surface area (Å²) in [5.74, 6) is -0.284. The first kappa shape index (κ1) is 15.3. The molecule has 0 saturated carbocycles. The summed E-state index contributed by atoms with van der Waals surface area (Å²) in [4.78, 5) is 0.0555. The van der Waals surface area contributed by atoms with Crippen molar-refractivity contribution in [1.29, 1.82) is 0 Å². The molecule has 6 nitrogen and oxygen atoms in total. The molecule has 2 rings (SSSR count). The maximum atomic E-state index is 12.5. The zero-order chi connectivity index (χ0) is 15.1. The van der Waals surface area contributed by atoms with Crippen LogP contribution in [-0.4, -0.2) is 45.7 Å². The highest BCUT2D eigenvalue weighted by molar-refractivity contribution is 7.92. The van der Waals surface area contributed by atoms with Crippen molar-refractivity contribution in [3.8, 4) is 0 Å². The van der Waals surface area contributed by atoms with Crippen LogP contribution in [-0.2, 0) is 19.9 Å². The van der Waals surface area contributed by atoms with E-state index in [0.717, 1.165) is 11.1 Å². The second-order valence-electron chi connectivity index (χ2n) is 5.03. The van der Waals surface area contributed by atoms with Gasteiger partial charge in [-0.1, -0.05) is 0 Å². The van der Waals surface area contributed by atoms with Gasteiger partial charge >= 0.3 is 0 Å². The Balaban J connectivity index is 2.39. The van der Waals surface area contributed by atoms with Gasteiger partial charge in [0, 0.05) is 13.1 Å². The van der Waals surface area contributed by atoms with Gasteiger partial charge in [0.25, 0.3) is 0 Å². The number of rotatable bonds is 2. The molecule has 1 saturated heterocycles. The van der Waals surface area contributed by atoms with Crippen LogP contribution < -0.4 is 5.73 Å². The largest absolute Gasteiger partial charge is 0.398 e. The topological polar surface area (TPSA) is 97.5 Å². The smallest absolute Gasteiger partial charge is 0.245 e. The molecular formula is C12H18N2O4S2. The Bertz CT molecular complexity index is 725. The number of nitrogens with two attached hydrogens (primary N) is 1. The van der Waals surface area contributed by atoms with Gasteiger partial charge in [-0.25, -0.2) is 16.8 Å². The van der Waals surface area contributed by atoms with Crippen molar-refractivity contribution in [2.75, 3.05) is 30.3 Å². The van der Waals surface area contributed by atoms with Gasteiger partial charge in [0.1, 0.15) is 4.90 Å². The van der Waals surface area contributed by atoms with E-state index in [1.54, 1.807) is 12.1 Å². The lowest BCUT2D eigenvalue weighted by atomic mass is 10.1. The van der Waals surface area contributed by atoms with Gasteiger partial charge in [-0.3, -0.25) is 0 Å². The molecule has 1 aromatic carbocycles. The average molecular weight is 318 g/mol. The Kier molecular flexibility index (Phi) is 3.83. The first-order valence-electron chi connectivity index (χ1n) is 6.21. The molecule has 0 aromatic heterocycles. The fraction of sp³-hybridized carbons (Fsp3) is 0.500. The molecule has 0 bridgehead atoms. The highest BCUT2D eigenvalue weighted by Gasteiger charge is 2.32. The number of benzene rings is 1. The van der Waals surface area contributed by atoms with Crippen molar-refractivity contribution in [3.63, 3.8) is 0 Å². The molecule has 0 aliphatic carbocycles. The number of anilines is 1. The van der Waals surface area contributed by atoms with Gasteiger partial charge in [0.2, 0.25) is 10.0 Å². The molecule has 0 atom stereocenters. The molecule has 20 heavy (non-hydrogen) atoms. The van der Waals surface area contributed by atoms with Crippen molar-refractivity contribution >= 4 is 25.5 Å². The van der Waals surface area contributed by atoms with Crippen LogP contribution in [0.25, 0.3) is 0 Å². The third kappa shape index (κ3) is 2.82. The molecule has 2 N–H and O–H groups in total. The zero-order valence-corrected chi connectivity index (χ0v) is 13.1. The first-order chi connectivity index (χ1) is 9.13. The van der Waals surface area contributed by atoms with Gasteiger partial charge in [-0.2, -0.15) is 4.31 Å². The molecular weight excluding hydrogens is 300 g/mol. The molecule has 1 fully saturated rings. The Morgan fingerprint density at radius 1 is 1.10 bits per heavy atom. The second-order valence-corrected chi connectivity index (χ2v) is 9.24. The highest BCUT2D eigenvalue weighted by atomic mass is 32.2. The lowest BCUT2D eigenvalue weighted by Crippen LogP contribution is -2.43. The summed E-state index contributed by atoms with van der Waals surface area (Å²) >= 11 is 0. The molecule has 1 aromatic rings. The van der Waals surface area contributed by atoms with Crippen LogP contribution in [0.5, 0.6) is 0 Å². The van der Waals surface area contributed by atoms with E-state index in [1.807, 2.05) is 13.8 Å². The van der Waals surface area contributed by atoms with E-state index in [1.165, 1.54) is 4.31 Å². The van der Waals surface area contributed by atoms with Gasteiger partial charge in [0.05, 0.1) is 17.2 Å². The van der Waals surface area contributed by atoms with E-state index in [-0.39, 0.29) is 35.2 Å². The SMILES string of the molecule is Cc1cc(N)c(S(=O)(=O)N2CCS(=O)(=O)CC2)cc1C. The minimum absolute atomic E-state index is 0.0168. The van der Waals surface area contributed by atoms with Gasteiger partial charge in [0.15, 0.2) is 9.84 Å². The van der Waals surface area contributed by atoms with Crippen LogP contribution in [0.1, 0.15) is 11.1 Å². The molecule has 8 heteroatoms. The van der Waals surface area contributed by atoms with E-state index in [0.29, 0.717) is 0 Å². The lowest BCUT2D eigenvalue weighted by Gasteiger charge is -2.26. The van der Waals surface area contributed by atoms with Crippen LogP contribution >= 0.6 is 0 Å². The highest BCUT2D eigenvalue weighted by Crippen LogP contribution is 2.26. The second kappa shape index (κ2) is 5.01. The summed E-state index contributed by atoms with van der Waals surface area (Å²) in [5.41, 5.74) is 7.76. The predicted octanol–water partition coefficient (Wildman–Crippen LogP) is 0.305. The van der Waals surface area contributed by atoms with Crippen molar-refractivity contribution in [2.45, 2.75) is 18.7 Å². The average Bonchev–Trinajstić information content (AvgIpc) is 2.33. The van der Waals surface area contributed by atoms with Crippen LogP contribution in [0.4, 0.5) is 5.69 Å². The molecule has 1 aliphatic rings. The number of hydrogen-bond acceptors (Lipinski definition) is 5. The first-order valence-corrected chi connectivity index (χ1v) is 9.47. The lowest BCUT2D eigenvalue weighted by molar-refractivity contribution is 0.431. The number of hydrogen-bond donors (Lipinski definition) is 1. The third-order valence-corrected chi connectivity index (χ3v) is 7.11. The molecule has 112 valence electrons. The Morgan fingerprint density at radius 3 is 2.15 bits per heavy atom. The van der Waals surface area contributed by atoms with E-state index in [2.05, 4.69) is 0 Å². The van der Waals surface area contributed by atoms with E-state index in [9.17, 15) is 16.8 Å². The molecule has 1 heterocycles. The zero-order valence-electron chi connectivity index (χ0n) is 11.5. The number of aryl methyl sites for hydroxylation is 2. The Labute approximate surface area is 119 Å². The van der Waals surface area contributed by atoms with Crippen LogP contribution in [0.2, 0.25) is 0 Å². The monoisotopic (exact) mass is 318 g/mol. The third-order valence-electron chi connectivity index (χ3n) is 3.55. The summed E-state index contributed by atoms with van der Waals surface area (Å²) in [6, 6.07) is 3.17. The van der Waals surface area contributed by atoms with E-state index in [4.69, 9.17) is 5.73 Å². The minimum atomic E-state index is -3.74. The van der Waals surface area contributed by atoms with Crippen LogP contribution in [0, 0.1) is 13.8 Å². The fourth-order valence-corrected chi connectivity index (χ4v) is 5.17. The summed E-state index contributed by atoms with van der Waals surface area (Å²) in [6.07, 6.45) is 0. The molecule has 0 amide bonds. The molecule has 1 aliphatic heterocycles. The summed E-state index contributed by atoms with van der Waals surface area (Å²) < 4.78 is 49.0. The molecule has 0 radical (unpaired) electrons. The number of sulfone groups is 1. The maximum absolute atomic E-state index is 12.5. The molecule has 0 unspecified atom stereocenters. The minimum Gasteiger partial charge on any atom is -0.398 e. The van der Waals surface area contributed by atoms with E-state index >= 15 is 0 Å². The number of nitrogen functional groups attached to an aromatic ring is 1. The van der Waals surface area contributed by atoms with Crippen LogP contribution in [0.3, 0.4) is 0 Å². The van der Waals surface area contributed by atoms with Gasteiger partial charge in [-0.15, -0.1) is 0 Å². The normalized spacial score (nSPS) is 19.9. The maximum Gasteiger partial charge on any atom is 0.245 e.